The summed E-state index contributed by atoms with van der Waals surface area (Å²) in [6.07, 6.45) is -0.288. The first-order valence-electron chi connectivity index (χ1n) is 13.9. The van der Waals surface area contributed by atoms with Gasteiger partial charge >= 0.3 is 0 Å². The maximum Gasteiger partial charge on any atom is 0.258 e. The number of aliphatic hydroxyl groups is 1. The number of nitrogens with one attached hydrogen (secondary N) is 1. The molecule has 0 radical (unpaired) electrons. The number of amides is 2. The summed E-state index contributed by atoms with van der Waals surface area (Å²) in [5, 5.41) is 12.8. The van der Waals surface area contributed by atoms with Crippen molar-refractivity contribution in [3.8, 4) is 5.75 Å². The summed E-state index contributed by atoms with van der Waals surface area (Å²) in [7, 11) is -2.26. The van der Waals surface area contributed by atoms with Gasteiger partial charge in [0.15, 0.2) is 0 Å². The summed E-state index contributed by atoms with van der Waals surface area (Å²) in [5.74, 6) is -0.468. The molecule has 2 amide bonds. The number of likely N-dealkylation sites (N-methyl/N-ethyl adjacent to an activating group) is 1. The third-order valence-electron chi connectivity index (χ3n) is 7.60. The molecule has 0 aromatic heterocycles. The molecule has 0 spiro atoms. The molecular weight excluding hydrogens is 548 g/mol. The minimum absolute atomic E-state index is 0.0490. The molecule has 0 unspecified atom stereocenters. The molecule has 2 heterocycles. The van der Waals surface area contributed by atoms with E-state index in [0.717, 1.165) is 13.1 Å². The molecular formula is C29H40N4O7S. The Morgan fingerprint density at radius 3 is 2.56 bits per heavy atom. The van der Waals surface area contributed by atoms with Crippen LogP contribution in [0.2, 0.25) is 0 Å². The van der Waals surface area contributed by atoms with Gasteiger partial charge in [0.05, 0.1) is 42.9 Å². The largest absolute Gasteiger partial charge is 0.488 e. The van der Waals surface area contributed by atoms with Crippen molar-refractivity contribution in [2.75, 3.05) is 64.9 Å². The highest BCUT2D eigenvalue weighted by atomic mass is 32.2. The fraction of sp³-hybridized carbons (Fsp3) is 0.517. The SMILES string of the molecule is C[C@@H]1CN([C@@H](C)CO)C(=O)c2cc(NC(=O)CCN3CCOCC3)ccc2O[C@H]1CN(C)S(=O)(=O)c1ccccc1. The van der Waals surface area contributed by atoms with Crippen LogP contribution in [-0.2, 0) is 19.6 Å². The minimum Gasteiger partial charge on any atom is -0.488 e. The Hall–Kier alpha value is -3.03. The molecule has 3 atom stereocenters. The van der Waals surface area contributed by atoms with Gasteiger partial charge in [0.25, 0.3) is 5.91 Å². The lowest BCUT2D eigenvalue weighted by Crippen LogP contribution is -2.50. The first-order chi connectivity index (χ1) is 19.6. The van der Waals surface area contributed by atoms with E-state index in [4.69, 9.17) is 9.47 Å². The second-order valence-electron chi connectivity index (χ2n) is 10.7. The van der Waals surface area contributed by atoms with Gasteiger partial charge in [0, 0.05) is 51.3 Å². The highest BCUT2D eigenvalue weighted by Gasteiger charge is 2.35. The Morgan fingerprint density at radius 1 is 1.17 bits per heavy atom. The number of fused-ring (bicyclic) bond motifs is 1. The fourth-order valence-electron chi connectivity index (χ4n) is 4.95. The summed E-state index contributed by atoms with van der Waals surface area (Å²) < 4.78 is 39.3. The van der Waals surface area contributed by atoms with Crippen molar-refractivity contribution in [3.63, 3.8) is 0 Å². The van der Waals surface area contributed by atoms with Crippen LogP contribution in [0.25, 0.3) is 0 Å². The summed E-state index contributed by atoms with van der Waals surface area (Å²) >= 11 is 0. The molecule has 1 fully saturated rings. The van der Waals surface area contributed by atoms with E-state index < -0.39 is 22.2 Å². The standard InChI is InChI=1S/C29H40N4O7S/c1-21-18-33(22(2)20-34)29(36)25-17-23(30-28(35)11-12-32-13-15-39-16-14-32)9-10-26(25)40-27(21)19-31(3)41(37,38)24-7-5-4-6-8-24/h4-10,17,21-22,27,34H,11-16,18-20H2,1-3H3,(H,30,35)/t21-,22+,27+/m1/s1. The number of carbonyl (C=O) groups excluding carboxylic acids is 2. The molecule has 0 saturated carbocycles. The number of rotatable bonds is 10. The Morgan fingerprint density at radius 2 is 1.88 bits per heavy atom. The number of sulfonamides is 1. The Balaban J connectivity index is 1.55. The van der Waals surface area contributed by atoms with Crippen LogP contribution >= 0.6 is 0 Å². The first-order valence-corrected chi connectivity index (χ1v) is 15.4. The molecule has 2 N–H and O–H groups in total. The van der Waals surface area contributed by atoms with Crippen LogP contribution < -0.4 is 10.1 Å². The van der Waals surface area contributed by atoms with E-state index in [0.29, 0.717) is 37.6 Å². The molecule has 2 aliphatic rings. The molecule has 11 nitrogen and oxygen atoms in total. The van der Waals surface area contributed by atoms with Crippen LogP contribution in [-0.4, -0.2) is 111 Å². The molecule has 224 valence electrons. The molecule has 4 rings (SSSR count). The quantitative estimate of drug-likeness (QED) is 0.431. The van der Waals surface area contributed by atoms with Crippen LogP contribution in [0.4, 0.5) is 5.69 Å². The van der Waals surface area contributed by atoms with E-state index in [-0.39, 0.29) is 47.9 Å². The lowest BCUT2D eigenvalue weighted by molar-refractivity contribution is -0.116. The van der Waals surface area contributed by atoms with E-state index in [2.05, 4.69) is 10.2 Å². The van der Waals surface area contributed by atoms with Crippen LogP contribution in [0.1, 0.15) is 30.6 Å². The molecule has 1 saturated heterocycles. The number of benzene rings is 2. The molecule has 12 heteroatoms. The number of anilines is 1. The predicted octanol–water partition coefficient (Wildman–Crippen LogP) is 1.89. The van der Waals surface area contributed by atoms with Gasteiger partial charge in [0.2, 0.25) is 15.9 Å². The lowest BCUT2D eigenvalue weighted by atomic mass is 9.99. The summed E-state index contributed by atoms with van der Waals surface area (Å²) in [6.45, 7) is 7.22. The topological polar surface area (TPSA) is 129 Å². The van der Waals surface area contributed by atoms with Gasteiger partial charge in [-0.05, 0) is 37.3 Å². The highest BCUT2D eigenvalue weighted by Crippen LogP contribution is 2.31. The normalized spacial score (nSPS) is 21.0. The Bertz CT molecular complexity index is 1300. The summed E-state index contributed by atoms with van der Waals surface area (Å²) in [6, 6.07) is 12.6. The molecule has 0 aliphatic carbocycles. The number of hydrogen-bond donors (Lipinski definition) is 2. The molecule has 2 aromatic rings. The zero-order valence-electron chi connectivity index (χ0n) is 23.9. The number of morpholine rings is 1. The van der Waals surface area contributed by atoms with Gasteiger partial charge in [-0.1, -0.05) is 25.1 Å². The van der Waals surface area contributed by atoms with Gasteiger partial charge in [-0.3, -0.25) is 14.5 Å². The van der Waals surface area contributed by atoms with Crippen molar-refractivity contribution in [3.05, 3.63) is 54.1 Å². The summed E-state index contributed by atoms with van der Waals surface area (Å²) in [5.41, 5.74) is 0.694. The van der Waals surface area contributed by atoms with Crippen LogP contribution in [0.3, 0.4) is 0 Å². The first kappa shape index (κ1) is 30.9. The Kier molecular flexibility index (Phi) is 10.4. The average Bonchev–Trinajstić information content (AvgIpc) is 2.98. The number of hydrogen-bond acceptors (Lipinski definition) is 8. The zero-order chi connectivity index (χ0) is 29.6. The van der Waals surface area contributed by atoms with E-state index in [1.165, 1.54) is 11.4 Å². The second-order valence-corrected chi connectivity index (χ2v) is 12.7. The van der Waals surface area contributed by atoms with Crippen molar-refractivity contribution in [2.24, 2.45) is 5.92 Å². The molecule has 2 aromatic carbocycles. The van der Waals surface area contributed by atoms with E-state index in [1.54, 1.807) is 60.4 Å². The van der Waals surface area contributed by atoms with Gasteiger partial charge in [-0.25, -0.2) is 8.42 Å². The molecule has 2 aliphatic heterocycles. The lowest BCUT2D eigenvalue weighted by Gasteiger charge is -2.38. The van der Waals surface area contributed by atoms with Gasteiger partial charge in [-0.15, -0.1) is 0 Å². The monoisotopic (exact) mass is 588 g/mol. The van der Waals surface area contributed by atoms with Gasteiger partial charge < -0.3 is 24.8 Å². The predicted molar refractivity (Wildman–Crippen MR) is 154 cm³/mol. The fourth-order valence-corrected chi connectivity index (χ4v) is 6.15. The van der Waals surface area contributed by atoms with Gasteiger partial charge in [-0.2, -0.15) is 4.31 Å². The zero-order valence-corrected chi connectivity index (χ0v) is 24.7. The third-order valence-corrected chi connectivity index (χ3v) is 9.43. The van der Waals surface area contributed by atoms with Crippen molar-refractivity contribution in [1.82, 2.24) is 14.1 Å². The second kappa shape index (κ2) is 13.8. The maximum absolute atomic E-state index is 13.7. The number of ether oxygens (including phenoxy) is 2. The van der Waals surface area contributed by atoms with Crippen molar-refractivity contribution in [2.45, 2.75) is 37.3 Å². The van der Waals surface area contributed by atoms with Gasteiger partial charge in [0.1, 0.15) is 11.9 Å². The van der Waals surface area contributed by atoms with Crippen LogP contribution in [0.5, 0.6) is 5.75 Å². The average molecular weight is 589 g/mol. The number of carbonyl (C=O) groups is 2. The van der Waals surface area contributed by atoms with Crippen LogP contribution in [0.15, 0.2) is 53.4 Å². The van der Waals surface area contributed by atoms with Crippen LogP contribution in [0, 0.1) is 5.92 Å². The Labute approximate surface area is 242 Å². The van der Waals surface area contributed by atoms with Crippen molar-refractivity contribution >= 4 is 27.5 Å². The maximum atomic E-state index is 13.7. The molecule has 0 bridgehead atoms. The molecule has 41 heavy (non-hydrogen) atoms. The summed E-state index contributed by atoms with van der Waals surface area (Å²) in [4.78, 5) is 30.3. The smallest absolute Gasteiger partial charge is 0.258 e. The minimum atomic E-state index is -3.76. The van der Waals surface area contributed by atoms with Crippen molar-refractivity contribution in [1.29, 1.82) is 0 Å². The highest BCUT2D eigenvalue weighted by molar-refractivity contribution is 7.89. The third kappa shape index (κ3) is 7.63. The van der Waals surface area contributed by atoms with E-state index in [1.807, 2.05) is 6.92 Å². The van der Waals surface area contributed by atoms with Crippen molar-refractivity contribution < 1.29 is 32.6 Å². The van der Waals surface area contributed by atoms with E-state index >= 15 is 0 Å². The number of nitrogens with zero attached hydrogens (tertiary/aromatic N) is 3. The van der Waals surface area contributed by atoms with E-state index in [9.17, 15) is 23.1 Å². The number of aliphatic hydroxyl groups excluding tert-OH is 1.